The van der Waals surface area contributed by atoms with E-state index in [1.165, 1.54) is 25.7 Å². The van der Waals surface area contributed by atoms with Crippen molar-refractivity contribution in [2.75, 3.05) is 6.54 Å². The molecule has 17 heavy (non-hydrogen) atoms. The Morgan fingerprint density at radius 2 is 1.76 bits per heavy atom. The Morgan fingerprint density at radius 3 is 2.29 bits per heavy atom. The molecule has 0 aromatic carbocycles. The Morgan fingerprint density at radius 1 is 1.18 bits per heavy atom. The molecule has 0 bridgehead atoms. The largest absolute Gasteiger partial charge is 0.354 e. The quantitative estimate of drug-likeness (QED) is 0.748. The van der Waals surface area contributed by atoms with Gasteiger partial charge in [0.2, 0.25) is 5.91 Å². The molecule has 3 nitrogen and oxygen atoms in total. The van der Waals surface area contributed by atoms with Crippen molar-refractivity contribution in [3.05, 3.63) is 0 Å². The lowest BCUT2D eigenvalue weighted by atomic mass is 9.99. The van der Waals surface area contributed by atoms with Gasteiger partial charge < -0.3 is 10.6 Å². The first kappa shape index (κ1) is 14.5. The maximum Gasteiger partial charge on any atom is 0.236 e. The number of rotatable bonds is 6. The highest BCUT2D eigenvalue weighted by molar-refractivity contribution is 5.81. The first-order valence-electron chi connectivity index (χ1n) is 7.04. The SMILES string of the molecule is CC(C)CNC(=O)C(C)N[C@H](C)C1CCCC1. The van der Waals surface area contributed by atoms with Crippen LogP contribution in [0.25, 0.3) is 0 Å². The lowest BCUT2D eigenvalue weighted by Gasteiger charge is -2.24. The van der Waals surface area contributed by atoms with E-state index in [1.54, 1.807) is 0 Å². The van der Waals surface area contributed by atoms with E-state index in [-0.39, 0.29) is 11.9 Å². The van der Waals surface area contributed by atoms with Gasteiger partial charge in [0.25, 0.3) is 0 Å². The molecule has 0 aliphatic heterocycles. The van der Waals surface area contributed by atoms with Crippen LogP contribution in [0.15, 0.2) is 0 Å². The van der Waals surface area contributed by atoms with Crippen LogP contribution < -0.4 is 10.6 Å². The van der Waals surface area contributed by atoms with Gasteiger partial charge >= 0.3 is 0 Å². The molecule has 1 aliphatic rings. The molecule has 1 fully saturated rings. The molecule has 2 N–H and O–H groups in total. The van der Waals surface area contributed by atoms with Crippen molar-refractivity contribution in [1.29, 1.82) is 0 Å². The molecule has 1 unspecified atom stereocenters. The van der Waals surface area contributed by atoms with Crippen LogP contribution in [0.5, 0.6) is 0 Å². The molecule has 0 spiro atoms. The predicted molar refractivity (Wildman–Crippen MR) is 71.9 cm³/mol. The van der Waals surface area contributed by atoms with Crippen LogP contribution in [0.4, 0.5) is 0 Å². The van der Waals surface area contributed by atoms with Crippen molar-refractivity contribution < 1.29 is 4.79 Å². The lowest BCUT2D eigenvalue weighted by molar-refractivity contribution is -0.123. The first-order valence-corrected chi connectivity index (χ1v) is 7.04. The van der Waals surface area contributed by atoms with Crippen molar-refractivity contribution in [1.82, 2.24) is 10.6 Å². The Bertz CT molecular complexity index is 234. The van der Waals surface area contributed by atoms with Gasteiger partial charge in [0.05, 0.1) is 6.04 Å². The topological polar surface area (TPSA) is 41.1 Å². The van der Waals surface area contributed by atoms with E-state index in [1.807, 2.05) is 6.92 Å². The van der Waals surface area contributed by atoms with Crippen LogP contribution in [0, 0.1) is 11.8 Å². The second-order valence-electron chi connectivity index (χ2n) is 5.86. The number of hydrogen-bond acceptors (Lipinski definition) is 2. The van der Waals surface area contributed by atoms with Crippen LogP contribution in [0.2, 0.25) is 0 Å². The van der Waals surface area contributed by atoms with E-state index in [0.717, 1.165) is 12.5 Å². The van der Waals surface area contributed by atoms with E-state index in [4.69, 9.17) is 0 Å². The number of carbonyl (C=O) groups is 1. The van der Waals surface area contributed by atoms with Crippen LogP contribution >= 0.6 is 0 Å². The van der Waals surface area contributed by atoms with Crippen LogP contribution in [0.1, 0.15) is 53.4 Å². The first-order chi connectivity index (χ1) is 8.00. The third-order valence-corrected chi connectivity index (χ3v) is 3.70. The standard InChI is InChI=1S/C14H28N2O/c1-10(2)9-15-14(17)12(4)16-11(3)13-7-5-6-8-13/h10-13,16H,5-9H2,1-4H3,(H,15,17)/t11-,12?/m1/s1. The number of amides is 1. The monoisotopic (exact) mass is 240 g/mol. The molecule has 0 heterocycles. The average Bonchev–Trinajstić information content (AvgIpc) is 2.78. The van der Waals surface area contributed by atoms with Crippen LogP contribution in [-0.2, 0) is 4.79 Å². The number of carbonyl (C=O) groups excluding carboxylic acids is 1. The highest BCUT2D eigenvalue weighted by Crippen LogP contribution is 2.27. The molecule has 0 saturated heterocycles. The zero-order chi connectivity index (χ0) is 12.8. The number of nitrogens with one attached hydrogen (secondary N) is 2. The summed E-state index contributed by atoms with van der Waals surface area (Å²) in [5.74, 6) is 1.40. The van der Waals surface area contributed by atoms with E-state index in [9.17, 15) is 4.79 Å². The van der Waals surface area contributed by atoms with Gasteiger partial charge in [-0.2, -0.15) is 0 Å². The molecule has 1 aliphatic carbocycles. The Labute approximate surface area is 106 Å². The van der Waals surface area contributed by atoms with Gasteiger partial charge in [-0.1, -0.05) is 26.7 Å². The summed E-state index contributed by atoms with van der Waals surface area (Å²) in [4.78, 5) is 11.8. The molecule has 1 amide bonds. The van der Waals surface area contributed by atoms with Gasteiger partial charge in [0.1, 0.15) is 0 Å². The Kier molecular flexibility index (Phi) is 5.96. The van der Waals surface area contributed by atoms with E-state index < -0.39 is 0 Å². The Hall–Kier alpha value is -0.570. The summed E-state index contributed by atoms with van der Waals surface area (Å²) in [5.41, 5.74) is 0. The predicted octanol–water partition coefficient (Wildman–Crippen LogP) is 2.32. The lowest BCUT2D eigenvalue weighted by Crippen LogP contribution is -2.48. The van der Waals surface area contributed by atoms with Gasteiger partial charge in [-0.05, 0) is 38.5 Å². The second-order valence-corrected chi connectivity index (χ2v) is 5.86. The summed E-state index contributed by atoms with van der Waals surface area (Å²) in [6.07, 6.45) is 5.33. The molecular weight excluding hydrogens is 212 g/mol. The third kappa shape index (κ3) is 5.07. The second kappa shape index (κ2) is 7.00. The fraction of sp³-hybridized carbons (Fsp3) is 0.929. The molecule has 1 saturated carbocycles. The summed E-state index contributed by atoms with van der Waals surface area (Å²) in [7, 11) is 0. The summed E-state index contributed by atoms with van der Waals surface area (Å²) in [6, 6.07) is 0.377. The maximum atomic E-state index is 11.8. The summed E-state index contributed by atoms with van der Waals surface area (Å²) in [6.45, 7) is 9.16. The Balaban J connectivity index is 2.26. The van der Waals surface area contributed by atoms with Crippen molar-refractivity contribution in [2.45, 2.75) is 65.5 Å². The van der Waals surface area contributed by atoms with Gasteiger partial charge in [0.15, 0.2) is 0 Å². The molecule has 0 radical (unpaired) electrons. The zero-order valence-corrected chi connectivity index (χ0v) is 11.8. The molecule has 2 atom stereocenters. The van der Waals surface area contributed by atoms with Gasteiger partial charge in [0, 0.05) is 12.6 Å². The fourth-order valence-electron chi connectivity index (χ4n) is 2.52. The number of hydrogen-bond donors (Lipinski definition) is 2. The summed E-state index contributed by atoms with van der Waals surface area (Å²) < 4.78 is 0. The normalized spacial score (nSPS) is 20.5. The van der Waals surface area contributed by atoms with E-state index in [0.29, 0.717) is 12.0 Å². The van der Waals surface area contributed by atoms with Crippen LogP contribution in [0.3, 0.4) is 0 Å². The third-order valence-electron chi connectivity index (χ3n) is 3.70. The smallest absolute Gasteiger partial charge is 0.236 e. The van der Waals surface area contributed by atoms with Crippen molar-refractivity contribution >= 4 is 5.91 Å². The summed E-state index contributed by atoms with van der Waals surface area (Å²) >= 11 is 0. The van der Waals surface area contributed by atoms with Gasteiger partial charge in [-0.3, -0.25) is 4.79 Å². The highest BCUT2D eigenvalue weighted by atomic mass is 16.2. The molecule has 1 rings (SSSR count). The molecular formula is C14H28N2O. The average molecular weight is 240 g/mol. The molecule has 0 aromatic heterocycles. The molecule has 3 heteroatoms. The molecule has 100 valence electrons. The van der Waals surface area contributed by atoms with E-state index >= 15 is 0 Å². The maximum absolute atomic E-state index is 11.8. The molecule has 0 aromatic rings. The van der Waals surface area contributed by atoms with Crippen molar-refractivity contribution in [3.63, 3.8) is 0 Å². The summed E-state index contributed by atoms with van der Waals surface area (Å²) in [5, 5.41) is 6.41. The van der Waals surface area contributed by atoms with Crippen molar-refractivity contribution in [3.8, 4) is 0 Å². The highest BCUT2D eigenvalue weighted by Gasteiger charge is 2.24. The van der Waals surface area contributed by atoms with E-state index in [2.05, 4.69) is 31.4 Å². The van der Waals surface area contributed by atoms with Gasteiger partial charge in [-0.25, -0.2) is 0 Å². The fourth-order valence-corrected chi connectivity index (χ4v) is 2.52. The van der Waals surface area contributed by atoms with Gasteiger partial charge in [-0.15, -0.1) is 0 Å². The zero-order valence-electron chi connectivity index (χ0n) is 11.8. The minimum atomic E-state index is -0.0793. The minimum absolute atomic E-state index is 0.0793. The van der Waals surface area contributed by atoms with Crippen LogP contribution in [-0.4, -0.2) is 24.5 Å². The minimum Gasteiger partial charge on any atom is -0.354 e. The van der Waals surface area contributed by atoms with Crippen molar-refractivity contribution in [2.24, 2.45) is 11.8 Å².